The highest BCUT2D eigenvalue weighted by molar-refractivity contribution is 6.16. The fraction of sp³-hybridized carbons (Fsp3) is 0.0625. The van der Waals surface area contributed by atoms with E-state index in [9.17, 15) is 0 Å². The predicted octanol–water partition coefficient (Wildman–Crippen LogP) is 3.30. The van der Waals surface area contributed by atoms with Crippen LogP contribution in [0.4, 0.5) is 0 Å². The largest absolute Gasteiger partial charge is 0.360 e. The van der Waals surface area contributed by atoms with Gasteiger partial charge in [0.1, 0.15) is 7.05 Å². The van der Waals surface area contributed by atoms with Crippen molar-refractivity contribution < 1.29 is 4.57 Å². The molecule has 0 aliphatic rings. The van der Waals surface area contributed by atoms with Crippen LogP contribution < -0.4 is 4.57 Å². The van der Waals surface area contributed by atoms with Gasteiger partial charge in [0.25, 0.3) is 0 Å². The maximum absolute atomic E-state index is 3.37. The highest BCUT2D eigenvalue weighted by atomic mass is 14.9. The lowest BCUT2D eigenvalue weighted by atomic mass is 10.0. The number of aromatic amines is 1. The van der Waals surface area contributed by atoms with Crippen LogP contribution >= 0.6 is 0 Å². The summed E-state index contributed by atoms with van der Waals surface area (Å²) in [7, 11) is 2.10. The number of aromatic nitrogens is 2. The Balaban J connectivity index is 2.43. The van der Waals surface area contributed by atoms with Gasteiger partial charge in [0.15, 0.2) is 6.20 Å². The molecule has 2 heterocycles. The number of rotatable bonds is 0. The second-order valence-corrected chi connectivity index (χ2v) is 4.73. The van der Waals surface area contributed by atoms with Crippen LogP contribution in [-0.2, 0) is 7.05 Å². The third-order valence-corrected chi connectivity index (χ3v) is 3.65. The lowest BCUT2D eigenvalue weighted by Gasteiger charge is -2.03. The molecule has 4 aromatic rings. The number of nitrogens with zero attached hydrogens (tertiary/aromatic N) is 1. The van der Waals surface area contributed by atoms with Gasteiger partial charge in [0, 0.05) is 28.4 Å². The first-order chi connectivity index (χ1) is 8.84. The first-order valence-corrected chi connectivity index (χ1v) is 6.12. The number of pyridine rings is 1. The molecule has 4 rings (SSSR count). The van der Waals surface area contributed by atoms with Crippen LogP contribution in [0, 0.1) is 0 Å². The van der Waals surface area contributed by atoms with Gasteiger partial charge in [0.05, 0.1) is 10.9 Å². The molecule has 2 aromatic heterocycles. The number of aryl methyl sites for hydroxylation is 1. The molecule has 1 N–H and O–H groups in total. The van der Waals surface area contributed by atoms with E-state index in [-0.39, 0.29) is 0 Å². The summed E-state index contributed by atoms with van der Waals surface area (Å²) in [5.41, 5.74) is 2.48. The summed E-state index contributed by atoms with van der Waals surface area (Å²) in [4.78, 5) is 3.37. The lowest BCUT2D eigenvalue weighted by Crippen LogP contribution is -2.28. The minimum Gasteiger partial charge on any atom is -0.360 e. The molecule has 0 fully saturated rings. The minimum absolute atomic E-state index is 1.22. The second kappa shape index (κ2) is 3.33. The van der Waals surface area contributed by atoms with Gasteiger partial charge in [-0.3, -0.25) is 0 Å². The van der Waals surface area contributed by atoms with Crippen molar-refractivity contribution in [1.29, 1.82) is 0 Å². The maximum Gasteiger partial charge on any atom is 0.215 e. The van der Waals surface area contributed by atoms with E-state index in [1.54, 1.807) is 0 Å². The van der Waals surface area contributed by atoms with Crippen molar-refractivity contribution >= 4 is 32.6 Å². The SMILES string of the molecule is C[n+]1cc2ccccc2c2c3[nH]ccc3ccc21. The van der Waals surface area contributed by atoms with E-state index in [0.29, 0.717) is 0 Å². The van der Waals surface area contributed by atoms with Gasteiger partial charge in [-0.2, -0.15) is 0 Å². The van der Waals surface area contributed by atoms with E-state index in [4.69, 9.17) is 0 Å². The highest BCUT2D eigenvalue weighted by Gasteiger charge is 2.13. The molecular weight excluding hydrogens is 220 g/mol. The summed E-state index contributed by atoms with van der Waals surface area (Å²) >= 11 is 0. The van der Waals surface area contributed by atoms with E-state index in [2.05, 4.69) is 65.3 Å². The molecule has 0 aliphatic carbocycles. The van der Waals surface area contributed by atoms with Crippen molar-refractivity contribution in [3.05, 3.63) is 54.9 Å². The Morgan fingerprint density at radius 1 is 0.944 bits per heavy atom. The first kappa shape index (κ1) is 9.66. The maximum atomic E-state index is 3.37. The van der Waals surface area contributed by atoms with Gasteiger partial charge in [-0.15, -0.1) is 0 Å². The van der Waals surface area contributed by atoms with Gasteiger partial charge in [-0.05, 0) is 18.2 Å². The average Bonchev–Trinajstić information content (AvgIpc) is 2.86. The fourth-order valence-electron chi connectivity index (χ4n) is 2.80. The minimum atomic E-state index is 1.22. The fourth-order valence-corrected chi connectivity index (χ4v) is 2.80. The topological polar surface area (TPSA) is 19.7 Å². The lowest BCUT2D eigenvalue weighted by molar-refractivity contribution is -0.643. The number of nitrogens with one attached hydrogen (secondary N) is 1. The van der Waals surface area contributed by atoms with E-state index in [1.165, 1.54) is 32.6 Å². The summed E-state index contributed by atoms with van der Waals surface area (Å²) in [6.45, 7) is 0. The van der Waals surface area contributed by atoms with E-state index < -0.39 is 0 Å². The molecule has 2 heteroatoms. The van der Waals surface area contributed by atoms with Crippen LogP contribution in [0.5, 0.6) is 0 Å². The van der Waals surface area contributed by atoms with Gasteiger partial charge < -0.3 is 4.98 Å². The number of H-pyrrole nitrogens is 1. The molecule has 0 saturated carbocycles. The first-order valence-electron chi connectivity index (χ1n) is 6.12. The Kier molecular flexibility index (Phi) is 1.78. The summed E-state index contributed by atoms with van der Waals surface area (Å²) < 4.78 is 2.19. The van der Waals surface area contributed by atoms with E-state index in [1.807, 2.05) is 6.20 Å². The van der Waals surface area contributed by atoms with E-state index >= 15 is 0 Å². The number of benzene rings is 2. The quantitative estimate of drug-likeness (QED) is 0.355. The highest BCUT2D eigenvalue weighted by Crippen LogP contribution is 2.28. The van der Waals surface area contributed by atoms with Crippen LogP contribution in [-0.4, -0.2) is 4.98 Å². The Labute approximate surface area is 104 Å². The monoisotopic (exact) mass is 233 g/mol. The summed E-state index contributed by atoms with van der Waals surface area (Å²) in [6, 6.07) is 15.0. The zero-order valence-corrected chi connectivity index (χ0v) is 10.1. The van der Waals surface area contributed by atoms with Gasteiger partial charge in [-0.25, -0.2) is 4.57 Å². The van der Waals surface area contributed by atoms with Crippen LogP contribution in [0.3, 0.4) is 0 Å². The van der Waals surface area contributed by atoms with Crippen LogP contribution in [0.25, 0.3) is 32.6 Å². The molecule has 0 unspecified atom stereocenters. The Bertz CT molecular complexity index is 887. The molecule has 0 aliphatic heterocycles. The van der Waals surface area contributed by atoms with Crippen molar-refractivity contribution in [3.63, 3.8) is 0 Å². The number of hydrogen-bond donors (Lipinski definition) is 1. The normalized spacial score (nSPS) is 11.6. The Morgan fingerprint density at radius 3 is 2.78 bits per heavy atom. The molecule has 0 bridgehead atoms. The average molecular weight is 233 g/mol. The summed E-state index contributed by atoms with van der Waals surface area (Å²) in [5, 5.41) is 5.14. The van der Waals surface area contributed by atoms with Crippen LogP contribution in [0.1, 0.15) is 0 Å². The molecular formula is C16H13N2+. The number of fused-ring (bicyclic) bond motifs is 5. The van der Waals surface area contributed by atoms with E-state index in [0.717, 1.165) is 0 Å². The molecule has 0 atom stereocenters. The van der Waals surface area contributed by atoms with Crippen LogP contribution in [0.2, 0.25) is 0 Å². The third kappa shape index (κ3) is 1.15. The second-order valence-electron chi connectivity index (χ2n) is 4.73. The third-order valence-electron chi connectivity index (χ3n) is 3.65. The molecule has 0 saturated heterocycles. The molecule has 86 valence electrons. The van der Waals surface area contributed by atoms with Crippen molar-refractivity contribution in [2.45, 2.75) is 0 Å². The van der Waals surface area contributed by atoms with Crippen molar-refractivity contribution in [2.24, 2.45) is 7.05 Å². The predicted molar refractivity (Wildman–Crippen MR) is 74.5 cm³/mol. The van der Waals surface area contributed by atoms with Crippen molar-refractivity contribution in [3.8, 4) is 0 Å². The Morgan fingerprint density at radius 2 is 1.83 bits per heavy atom. The van der Waals surface area contributed by atoms with Gasteiger partial charge in [-0.1, -0.05) is 18.2 Å². The molecule has 2 nitrogen and oxygen atoms in total. The smallest absolute Gasteiger partial charge is 0.215 e. The van der Waals surface area contributed by atoms with Gasteiger partial charge >= 0.3 is 0 Å². The molecule has 0 radical (unpaired) electrons. The molecule has 0 spiro atoms. The zero-order valence-electron chi connectivity index (χ0n) is 10.1. The van der Waals surface area contributed by atoms with Crippen LogP contribution in [0.15, 0.2) is 54.9 Å². The molecule has 2 aromatic carbocycles. The summed E-state index contributed by atoms with van der Waals surface area (Å²) in [5.74, 6) is 0. The summed E-state index contributed by atoms with van der Waals surface area (Å²) in [6.07, 6.45) is 4.19. The standard InChI is InChI=1S/C16H12N2/c1-18-10-12-4-2-3-5-13(12)15-14(18)7-6-11-8-9-17-16(11)15/h2-10H,1H3/p+1. The van der Waals surface area contributed by atoms with Gasteiger partial charge in [0.2, 0.25) is 5.52 Å². The molecule has 0 amide bonds. The Hall–Kier alpha value is -2.35. The zero-order chi connectivity index (χ0) is 12.1. The number of hydrogen-bond acceptors (Lipinski definition) is 0. The van der Waals surface area contributed by atoms with Crippen molar-refractivity contribution in [2.75, 3.05) is 0 Å². The van der Waals surface area contributed by atoms with Crippen molar-refractivity contribution in [1.82, 2.24) is 4.98 Å². The molecule has 18 heavy (non-hydrogen) atoms.